The highest BCUT2D eigenvalue weighted by Gasteiger charge is 2.16. The molecule has 1 aromatic heterocycles. The molecule has 1 aromatic carbocycles. The first-order chi connectivity index (χ1) is 10.5. The number of aryl methyl sites for hydroxylation is 1. The summed E-state index contributed by atoms with van der Waals surface area (Å²) in [4.78, 5) is 12.3. The number of unbranched alkanes of at least 4 members (excludes halogenated alkanes) is 1. The summed E-state index contributed by atoms with van der Waals surface area (Å²) >= 11 is 6.06. The number of nitrogens with two attached hydrogens (primary N) is 1. The van der Waals surface area contributed by atoms with Crippen LogP contribution in [0.1, 0.15) is 34.6 Å². The van der Waals surface area contributed by atoms with Crippen molar-refractivity contribution < 1.29 is 4.79 Å². The highest BCUT2D eigenvalue weighted by Crippen LogP contribution is 2.22. The van der Waals surface area contributed by atoms with Crippen molar-refractivity contribution in [1.82, 2.24) is 9.88 Å². The van der Waals surface area contributed by atoms with Crippen LogP contribution in [0.2, 0.25) is 5.02 Å². The van der Waals surface area contributed by atoms with Gasteiger partial charge in [0.25, 0.3) is 5.91 Å². The van der Waals surface area contributed by atoms with Crippen molar-refractivity contribution in [2.24, 2.45) is 5.73 Å². The Hall–Kier alpha value is -1.49. The Morgan fingerprint density at radius 2 is 2.00 bits per heavy atom. The van der Waals surface area contributed by atoms with Gasteiger partial charge < -0.3 is 15.6 Å². The maximum absolute atomic E-state index is 12.3. The van der Waals surface area contributed by atoms with Crippen LogP contribution < -0.4 is 11.1 Å². The Labute approximate surface area is 148 Å². The summed E-state index contributed by atoms with van der Waals surface area (Å²) in [5.41, 5.74) is 9.03. The number of carbonyl (C=O) groups excluding carboxylic acids is 1. The smallest absolute Gasteiger partial charge is 0.253 e. The normalized spacial score (nSPS) is 10.3. The van der Waals surface area contributed by atoms with E-state index in [2.05, 4.69) is 5.32 Å². The maximum atomic E-state index is 12.3. The zero-order chi connectivity index (χ0) is 16.1. The number of halogens is 2. The minimum Gasteiger partial charge on any atom is -0.352 e. The first kappa shape index (κ1) is 19.6. The molecule has 3 N–H and O–H groups in total. The van der Waals surface area contributed by atoms with Crippen LogP contribution in [0.5, 0.6) is 0 Å². The van der Waals surface area contributed by atoms with Crippen LogP contribution in [-0.2, 0) is 0 Å². The fraction of sp³-hybridized carbons (Fsp3) is 0.353. The van der Waals surface area contributed by atoms with E-state index in [4.69, 9.17) is 17.3 Å². The predicted octanol–water partition coefficient (Wildman–Crippen LogP) is 3.64. The molecule has 4 nitrogen and oxygen atoms in total. The minimum atomic E-state index is -0.0431. The fourth-order valence-electron chi connectivity index (χ4n) is 2.57. The van der Waals surface area contributed by atoms with Crippen molar-refractivity contribution in [3.8, 4) is 5.69 Å². The summed E-state index contributed by atoms with van der Waals surface area (Å²) in [6, 6.07) is 9.53. The summed E-state index contributed by atoms with van der Waals surface area (Å²) in [5.74, 6) is -0.0431. The number of benzene rings is 1. The van der Waals surface area contributed by atoms with Crippen LogP contribution >= 0.6 is 24.0 Å². The zero-order valence-corrected chi connectivity index (χ0v) is 15.0. The second kappa shape index (κ2) is 8.96. The molecule has 6 heteroatoms. The molecule has 0 radical (unpaired) electrons. The summed E-state index contributed by atoms with van der Waals surface area (Å²) in [7, 11) is 0. The van der Waals surface area contributed by atoms with Gasteiger partial charge in [-0.15, -0.1) is 12.4 Å². The molecule has 2 rings (SSSR count). The Kier molecular flexibility index (Phi) is 7.62. The molecule has 0 aliphatic rings. The van der Waals surface area contributed by atoms with Crippen molar-refractivity contribution >= 4 is 29.9 Å². The van der Waals surface area contributed by atoms with E-state index in [1.165, 1.54) is 0 Å². The molecule has 0 atom stereocenters. The van der Waals surface area contributed by atoms with E-state index < -0.39 is 0 Å². The summed E-state index contributed by atoms with van der Waals surface area (Å²) in [6.07, 6.45) is 1.82. The van der Waals surface area contributed by atoms with Crippen molar-refractivity contribution in [2.45, 2.75) is 26.7 Å². The topological polar surface area (TPSA) is 60.1 Å². The van der Waals surface area contributed by atoms with Crippen molar-refractivity contribution in [3.63, 3.8) is 0 Å². The number of amides is 1. The number of hydrogen-bond donors (Lipinski definition) is 2. The highest BCUT2D eigenvalue weighted by molar-refractivity contribution is 6.30. The summed E-state index contributed by atoms with van der Waals surface area (Å²) in [5, 5.41) is 3.62. The van der Waals surface area contributed by atoms with Gasteiger partial charge in [-0.1, -0.05) is 17.7 Å². The van der Waals surface area contributed by atoms with E-state index in [0.29, 0.717) is 23.7 Å². The van der Waals surface area contributed by atoms with Gasteiger partial charge in [-0.05, 0) is 57.5 Å². The van der Waals surface area contributed by atoms with E-state index in [-0.39, 0.29) is 18.3 Å². The van der Waals surface area contributed by atoms with Crippen molar-refractivity contribution in [1.29, 1.82) is 0 Å². The molecular weight excluding hydrogens is 333 g/mol. The summed E-state index contributed by atoms with van der Waals surface area (Å²) in [6.45, 7) is 5.23. The number of nitrogens with one attached hydrogen (secondary N) is 1. The molecule has 1 heterocycles. The number of carbonyl (C=O) groups is 1. The van der Waals surface area contributed by atoms with E-state index in [1.54, 1.807) is 0 Å². The molecule has 0 saturated carbocycles. The van der Waals surface area contributed by atoms with Crippen LogP contribution in [0, 0.1) is 13.8 Å². The van der Waals surface area contributed by atoms with Gasteiger partial charge in [0.15, 0.2) is 0 Å². The van der Waals surface area contributed by atoms with Gasteiger partial charge in [0.05, 0.1) is 5.56 Å². The molecule has 0 bridgehead atoms. The lowest BCUT2D eigenvalue weighted by Gasteiger charge is -2.10. The number of nitrogens with zero attached hydrogens (tertiary/aromatic N) is 1. The third kappa shape index (κ3) is 4.74. The lowest BCUT2D eigenvalue weighted by atomic mass is 10.2. The Morgan fingerprint density at radius 1 is 1.26 bits per heavy atom. The van der Waals surface area contributed by atoms with Gasteiger partial charge in [-0.2, -0.15) is 0 Å². The Balaban J connectivity index is 0.00000264. The van der Waals surface area contributed by atoms with Crippen molar-refractivity contribution in [2.75, 3.05) is 13.1 Å². The lowest BCUT2D eigenvalue weighted by molar-refractivity contribution is 0.0952. The molecule has 0 aliphatic carbocycles. The first-order valence-electron chi connectivity index (χ1n) is 7.47. The number of aromatic nitrogens is 1. The molecule has 0 spiro atoms. The standard InChI is InChI=1S/C17H22ClN3O.ClH/c1-12-10-16(17(22)20-9-4-3-8-19)13(2)21(12)15-7-5-6-14(18)11-15;/h5-7,10-11H,3-4,8-9,19H2,1-2H3,(H,20,22);1H. The van der Waals surface area contributed by atoms with Crippen LogP contribution in [0.4, 0.5) is 0 Å². The third-order valence-corrected chi connectivity index (χ3v) is 3.89. The number of rotatable bonds is 6. The fourth-order valence-corrected chi connectivity index (χ4v) is 2.76. The second-order valence-electron chi connectivity index (χ2n) is 5.35. The van der Waals surface area contributed by atoms with Crippen LogP contribution in [0.25, 0.3) is 5.69 Å². The van der Waals surface area contributed by atoms with Gasteiger partial charge in [0.2, 0.25) is 0 Å². The maximum Gasteiger partial charge on any atom is 0.253 e. The zero-order valence-electron chi connectivity index (χ0n) is 13.4. The van der Waals surface area contributed by atoms with Crippen LogP contribution in [0.3, 0.4) is 0 Å². The molecular formula is C17H23Cl2N3O. The molecule has 0 aliphatic heterocycles. The first-order valence-corrected chi connectivity index (χ1v) is 7.85. The molecule has 0 fully saturated rings. The predicted molar refractivity (Wildman–Crippen MR) is 98.1 cm³/mol. The second-order valence-corrected chi connectivity index (χ2v) is 5.79. The molecule has 0 saturated heterocycles. The van der Waals surface area contributed by atoms with Gasteiger partial charge in [-0.3, -0.25) is 4.79 Å². The molecule has 0 unspecified atom stereocenters. The monoisotopic (exact) mass is 355 g/mol. The van der Waals surface area contributed by atoms with E-state index in [9.17, 15) is 4.79 Å². The van der Waals surface area contributed by atoms with Gasteiger partial charge in [-0.25, -0.2) is 0 Å². The van der Waals surface area contributed by atoms with Gasteiger partial charge >= 0.3 is 0 Å². The van der Waals surface area contributed by atoms with Crippen molar-refractivity contribution in [3.05, 3.63) is 52.3 Å². The SMILES string of the molecule is Cc1cc(C(=O)NCCCCN)c(C)n1-c1cccc(Cl)c1.Cl. The van der Waals surface area contributed by atoms with E-state index >= 15 is 0 Å². The largest absolute Gasteiger partial charge is 0.352 e. The average molecular weight is 356 g/mol. The third-order valence-electron chi connectivity index (χ3n) is 3.66. The molecule has 2 aromatic rings. The quantitative estimate of drug-likeness (QED) is 0.777. The van der Waals surface area contributed by atoms with Crippen LogP contribution in [0.15, 0.2) is 30.3 Å². The molecule has 126 valence electrons. The average Bonchev–Trinajstić information content (AvgIpc) is 2.78. The van der Waals surface area contributed by atoms with Gasteiger partial charge in [0, 0.05) is 28.6 Å². The van der Waals surface area contributed by atoms with Crippen LogP contribution in [-0.4, -0.2) is 23.6 Å². The lowest BCUT2D eigenvalue weighted by Crippen LogP contribution is -2.25. The molecule has 23 heavy (non-hydrogen) atoms. The number of hydrogen-bond acceptors (Lipinski definition) is 2. The Morgan fingerprint density at radius 3 is 2.65 bits per heavy atom. The highest BCUT2D eigenvalue weighted by atomic mass is 35.5. The van der Waals surface area contributed by atoms with Gasteiger partial charge in [0.1, 0.15) is 0 Å². The minimum absolute atomic E-state index is 0. The Bertz CT molecular complexity index is 668. The summed E-state index contributed by atoms with van der Waals surface area (Å²) < 4.78 is 2.04. The van der Waals surface area contributed by atoms with E-state index in [1.807, 2.05) is 48.7 Å². The van der Waals surface area contributed by atoms with E-state index in [0.717, 1.165) is 29.9 Å². The molecule has 1 amide bonds.